The van der Waals surface area contributed by atoms with E-state index in [0.29, 0.717) is 12.8 Å². The van der Waals surface area contributed by atoms with Crippen molar-refractivity contribution in [1.29, 1.82) is 0 Å². The zero-order valence-corrected chi connectivity index (χ0v) is 20.6. The summed E-state index contributed by atoms with van der Waals surface area (Å²) in [5.74, 6) is -1.91. The summed E-state index contributed by atoms with van der Waals surface area (Å²) in [7, 11) is 1.57. The van der Waals surface area contributed by atoms with Crippen molar-refractivity contribution in [2.45, 2.75) is 96.6 Å². The van der Waals surface area contributed by atoms with E-state index in [9.17, 15) is 19.5 Å². The summed E-state index contributed by atoms with van der Waals surface area (Å²) in [6, 6.07) is -1.41. The van der Waals surface area contributed by atoms with Gasteiger partial charge in [0.15, 0.2) is 0 Å². The molecule has 8 heteroatoms. The molecule has 0 aliphatic carbocycles. The van der Waals surface area contributed by atoms with Gasteiger partial charge in [-0.15, -0.1) is 0 Å². The number of carbonyl (C=O) groups excluding carboxylic acids is 3. The molecule has 3 saturated heterocycles. The van der Waals surface area contributed by atoms with E-state index in [1.165, 1.54) is 0 Å². The molecular formula is C24H41N3O5. The van der Waals surface area contributed by atoms with Gasteiger partial charge in [0.1, 0.15) is 11.6 Å². The van der Waals surface area contributed by atoms with Gasteiger partial charge in [-0.2, -0.15) is 0 Å². The minimum absolute atomic E-state index is 0.00911. The number of aliphatic hydroxyl groups is 1. The number of carbonyl (C=O) groups is 3. The van der Waals surface area contributed by atoms with Crippen molar-refractivity contribution in [2.75, 3.05) is 13.7 Å². The molecule has 2 bridgehead atoms. The number of likely N-dealkylation sites (tertiary alicyclic amines) is 1. The molecule has 3 amide bonds. The minimum Gasteiger partial charge on any atom is -0.394 e. The van der Waals surface area contributed by atoms with Crippen molar-refractivity contribution in [3.8, 4) is 0 Å². The average Bonchev–Trinajstić information content (AvgIpc) is 3.22. The highest BCUT2D eigenvalue weighted by atomic mass is 16.5. The molecule has 0 radical (unpaired) electrons. The number of rotatable bonds is 9. The Hall–Kier alpha value is -1.67. The number of nitrogens with one attached hydrogen (secondary N) is 2. The fourth-order valence-electron chi connectivity index (χ4n) is 6.57. The van der Waals surface area contributed by atoms with E-state index < -0.39 is 35.1 Å². The van der Waals surface area contributed by atoms with Gasteiger partial charge in [-0.1, -0.05) is 34.1 Å². The largest absolute Gasteiger partial charge is 0.394 e. The lowest BCUT2D eigenvalue weighted by molar-refractivity contribution is -0.151. The molecule has 3 aliphatic rings. The summed E-state index contributed by atoms with van der Waals surface area (Å²) >= 11 is 0. The molecule has 3 rings (SSSR count). The van der Waals surface area contributed by atoms with Gasteiger partial charge in [-0.3, -0.25) is 14.4 Å². The molecule has 3 N–H and O–H groups in total. The van der Waals surface area contributed by atoms with Crippen LogP contribution in [0.4, 0.5) is 0 Å². The first-order chi connectivity index (χ1) is 15.0. The Morgan fingerprint density at radius 3 is 2.47 bits per heavy atom. The molecule has 0 aromatic rings. The normalized spacial score (nSPS) is 37.5. The van der Waals surface area contributed by atoms with Crippen LogP contribution in [0.3, 0.4) is 0 Å². The molecule has 182 valence electrons. The summed E-state index contributed by atoms with van der Waals surface area (Å²) in [6.07, 6.45) is 2.86. The molecule has 4 unspecified atom stereocenters. The van der Waals surface area contributed by atoms with Crippen molar-refractivity contribution in [3.05, 3.63) is 0 Å². The first-order valence-corrected chi connectivity index (χ1v) is 12.1. The van der Waals surface area contributed by atoms with Crippen LogP contribution in [0.1, 0.15) is 67.2 Å². The average molecular weight is 452 g/mol. The Morgan fingerprint density at radius 1 is 1.28 bits per heavy atom. The number of nitrogens with zero attached hydrogens (tertiary/aromatic N) is 1. The maximum Gasteiger partial charge on any atom is 0.246 e. The van der Waals surface area contributed by atoms with Crippen LogP contribution in [0, 0.1) is 23.7 Å². The van der Waals surface area contributed by atoms with E-state index in [0.717, 1.165) is 12.8 Å². The zero-order valence-electron chi connectivity index (χ0n) is 20.6. The Morgan fingerprint density at radius 2 is 1.94 bits per heavy atom. The van der Waals surface area contributed by atoms with Gasteiger partial charge < -0.3 is 25.4 Å². The molecule has 0 aromatic heterocycles. The summed E-state index contributed by atoms with van der Waals surface area (Å²) < 4.78 is 6.63. The van der Waals surface area contributed by atoms with E-state index in [-0.39, 0.29) is 42.2 Å². The van der Waals surface area contributed by atoms with Crippen LogP contribution in [0.25, 0.3) is 0 Å². The monoisotopic (exact) mass is 451 g/mol. The summed E-state index contributed by atoms with van der Waals surface area (Å²) in [5, 5.41) is 16.0. The van der Waals surface area contributed by atoms with Gasteiger partial charge >= 0.3 is 0 Å². The number of fused-ring (bicyclic) bond motifs is 1. The molecule has 1 spiro atoms. The van der Waals surface area contributed by atoms with Crippen LogP contribution in [0.5, 0.6) is 0 Å². The van der Waals surface area contributed by atoms with Crippen LogP contribution < -0.4 is 10.6 Å². The van der Waals surface area contributed by atoms with Gasteiger partial charge in [0, 0.05) is 13.1 Å². The summed E-state index contributed by atoms with van der Waals surface area (Å²) in [4.78, 5) is 42.2. The Labute approximate surface area is 191 Å². The first-order valence-electron chi connectivity index (χ1n) is 12.1. The molecule has 8 atom stereocenters. The van der Waals surface area contributed by atoms with E-state index in [1.54, 1.807) is 11.9 Å². The lowest BCUT2D eigenvalue weighted by Gasteiger charge is -2.38. The van der Waals surface area contributed by atoms with E-state index in [4.69, 9.17) is 4.74 Å². The van der Waals surface area contributed by atoms with Crippen molar-refractivity contribution in [3.63, 3.8) is 0 Å². The minimum atomic E-state index is -1.07. The van der Waals surface area contributed by atoms with Crippen LogP contribution >= 0.6 is 0 Å². The van der Waals surface area contributed by atoms with Gasteiger partial charge in [0.2, 0.25) is 17.7 Å². The highest BCUT2D eigenvalue weighted by Crippen LogP contribution is 2.65. The smallest absolute Gasteiger partial charge is 0.246 e. The predicted molar refractivity (Wildman–Crippen MR) is 121 cm³/mol. The highest BCUT2D eigenvalue weighted by molar-refractivity contribution is 5.99. The highest BCUT2D eigenvalue weighted by Gasteiger charge is 2.80. The maximum atomic E-state index is 13.9. The second-order valence-corrected chi connectivity index (χ2v) is 10.7. The van der Waals surface area contributed by atoms with Crippen molar-refractivity contribution < 1.29 is 24.2 Å². The molecule has 0 aromatic carbocycles. The predicted octanol–water partition coefficient (Wildman–Crippen LogP) is 1.45. The second-order valence-electron chi connectivity index (χ2n) is 10.7. The van der Waals surface area contributed by atoms with Crippen LogP contribution in [-0.2, 0) is 19.1 Å². The quantitative estimate of drug-likeness (QED) is 0.492. The van der Waals surface area contributed by atoms with E-state index in [1.807, 2.05) is 34.6 Å². The van der Waals surface area contributed by atoms with Gasteiger partial charge in [-0.05, 0) is 44.9 Å². The van der Waals surface area contributed by atoms with Gasteiger partial charge in [-0.25, -0.2) is 0 Å². The lowest BCUT2D eigenvalue weighted by atomic mass is 9.62. The fourth-order valence-corrected chi connectivity index (χ4v) is 6.57. The van der Waals surface area contributed by atoms with Gasteiger partial charge in [0.25, 0.3) is 0 Å². The third kappa shape index (κ3) is 3.63. The molecular weight excluding hydrogens is 410 g/mol. The first kappa shape index (κ1) is 25.0. The lowest BCUT2D eigenvalue weighted by Crippen LogP contribution is -2.59. The third-order valence-corrected chi connectivity index (χ3v) is 7.99. The molecule has 3 aliphatic heterocycles. The van der Waals surface area contributed by atoms with E-state index >= 15 is 0 Å². The molecule has 3 heterocycles. The summed E-state index contributed by atoms with van der Waals surface area (Å²) in [5.41, 5.74) is -1.88. The molecule has 32 heavy (non-hydrogen) atoms. The third-order valence-electron chi connectivity index (χ3n) is 7.99. The Kier molecular flexibility index (Phi) is 6.97. The summed E-state index contributed by atoms with van der Waals surface area (Å²) in [6.45, 7) is 11.8. The molecule has 3 fully saturated rings. The number of hydrogen-bond acceptors (Lipinski definition) is 5. The zero-order chi connectivity index (χ0) is 24.0. The van der Waals surface area contributed by atoms with E-state index in [2.05, 4.69) is 17.6 Å². The van der Waals surface area contributed by atoms with Crippen LogP contribution in [-0.4, -0.2) is 70.7 Å². The maximum absolute atomic E-state index is 13.9. The fraction of sp³-hybridized carbons (Fsp3) is 0.875. The number of aliphatic hydroxyl groups excluding tert-OH is 1. The van der Waals surface area contributed by atoms with Crippen molar-refractivity contribution >= 4 is 17.7 Å². The van der Waals surface area contributed by atoms with Gasteiger partial charge in [0.05, 0.1) is 30.1 Å². The van der Waals surface area contributed by atoms with Crippen LogP contribution in [0.2, 0.25) is 0 Å². The Balaban J connectivity index is 2.10. The SMILES string of the molecule is CCCC(C)NC(=O)C1N([C@@H](CO)CC(C)C)C(=O)[C@@H]2[C@H](C(=O)NC)[C@@]3(C)OC12CC3C. The van der Waals surface area contributed by atoms with Crippen molar-refractivity contribution in [2.24, 2.45) is 23.7 Å². The second kappa shape index (κ2) is 8.93. The topological polar surface area (TPSA) is 108 Å². The number of hydrogen-bond donors (Lipinski definition) is 3. The molecule has 0 saturated carbocycles. The Bertz CT molecular complexity index is 758. The standard InChI is InChI=1S/C24H41N3O5/c1-8-9-15(5)26-21(30)19-24-11-14(4)23(6,32-24)17(20(29)25-7)18(24)22(31)27(19)16(12-28)10-13(2)3/h13-19,28H,8-12H2,1-7H3,(H,25,29)(H,26,30)/t14?,15?,16-,17-,18+,19?,23+,24?/m1/s1. The number of amides is 3. The molecule has 8 nitrogen and oxygen atoms in total. The van der Waals surface area contributed by atoms with Crippen LogP contribution in [0.15, 0.2) is 0 Å². The number of ether oxygens (including phenoxy) is 1. The van der Waals surface area contributed by atoms with Crippen molar-refractivity contribution in [1.82, 2.24) is 15.5 Å².